The summed E-state index contributed by atoms with van der Waals surface area (Å²) in [5, 5.41) is 37.1. The fourth-order valence-corrected chi connectivity index (χ4v) is 4.34. The smallest absolute Gasteiger partial charge is 0.185 e. The molecule has 1 fully saturated rings. The average molecular weight is 652 g/mol. The highest BCUT2D eigenvalue weighted by Crippen LogP contribution is 2.56. The molecule has 0 heterocycles. The van der Waals surface area contributed by atoms with Crippen LogP contribution in [0.15, 0.2) is 16.7 Å². The summed E-state index contributed by atoms with van der Waals surface area (Å²) in [5.74, 6) is -28.8. The Morgan fingerprint density at radius 2 is 0.696 bits per heavy atom. The Hall–Kier alpha value is -6.40. The summed E-state index contributed by atoms with van der Waals surface area (Å²) in [7, 11) is 0. The second-order valence-corrected chi connectivity index (χ2v) is 8.79. The van der Waals surface area contributed by atoms with Crippen LogP contribution in [0.1, 0.15) is 27.8 Å². The maximum atomic E-state index is 15.0. The summed E-state index contributed by atoms with van der Waals surface area (Å²) in [6.45, 7) is 0. The topological polar surface area (TPSA) is 147 Å². The second-order valence-electron chi connectivity index (χ2n) is 8.79. The minimum Gasteiger partial charge on any atom is -0.398 e. The first-order chi connectivity index (χ1) is 21.5. The standard InChI is InChI=1S/C28H4F12N6/c29-15-7(3-43)16(30)20(34)11(19(15)33)5(1-41)9-10(6(2-42)12-21(35)25(39)28(46)26(40)22(12)36)13(9)27(45)14-23(37)17(31)8(4-44)18(32)24(14)38/h45-46H2. The van der Waals surface area contributed by atoms with Crippen LogP contribution in [0.4, 0.5) is 58.4 Å². The highest BCUT2D eigenvalue weighted by atomic mass is 19.2. The number of hydrogen-bond donors (Lipinski definition) is 2. The number of hydrogen-bond acceptors (Lipinski definition) is 6. The van der Waals surface area contributed by atoms with Gasteiger partial charge in [0.2, 0.25) is 0 Å². The zero-order chi connectivity index (χ0) is 34.7. The van der Waals surface area contributed by atoms with Gasteiger partial charge in [0.15, 0.2) is 69.8 Å². The Bertz CT molecular complexity index is 2150. The summed E-state index contributed by atoms with van der Waals surface area (Å²) < 4.78 is 176. The molecule has 3 aromatic carbocycles. The molecule has 18 heteroatoms. The summed E-state index contributed by atoms with van der Waals surface area (Å²) in [6.07, 6.45) is 0. The van der Waals surface area contributed by atoms with E-state index in [0.29, 0.717) is 0 Å². The van der Waals surface area contributed by atoms with Crippen molar-refractivity contribution in [2.75, 3.05) is 5.73 Å². The number of allylic oxidation sites excluding steroid dienone is 5. The molecule has 0 saturated heterocycles. The minimum absolute atomic E-state index is 0.788. The van der Waals surface area contributed by atoms with Gasteiger partial charge in [-0.25, -0.2) is 52.7 Å². The lowest BCUT2D eigenvalue weighted by atomic mass is 9.99. The van der Waals surface area contributed by atoms with Gasteiger partial charge in [-0.3, -0.25) is 0 Å². The SMILES string of the molecule is N#CC(=C1C(=C(N)c2c(F)c(F)c(C#N)c(F)c2F)C1=C(C#N)c1c(F)c(F)c(C#N)c(F)c1F)c1c(F)c(F)c(N)c(F)c1F. The van der Waals surface area contributed by atoms with Gasteiger partial charge >= 0.3 is 0 Å². The summed E-state index contributed by atoms with van der Waals surface area (Å²) in [5.41, 5.74) is -9.68. The lowest BCUT2D eigenvalue weighted by Gasteiger charge is -2.09. The van der Waals surface area contributed by atoms with Gasteiger partial charge in [0.05, 0.1) is 33.5 Å². The lowest BCUT2D eigenvalue weighted by Crippen LogP contribution is -2.10. The van der Waals surface area contributed by atoms with Crippen molar-refractivity contribution in [2.24, 2.45) is 5.73 Å². The third-order valence-corrected chi connectivity index (χ3v) is 6.50. The van der Waals surface area contributed by atoms with E-state index in [2.05, 4.69) is 0 Å². The normalized spacial score (nSPS) is 15.4. The van der Waals surface area contributed by atoms with Crippen LogP contribution in [-0.4, -0.2) is 0 Å². The van der Waals surface area contributed by atoms with Crippen LogP contribution in [-0.2, 0) is 0 Å². The second kappa shape index (κ2) is 11.3. The highest BCUT2D eigenvalue weighted by Gasteiger charge is 2.45. The fourth-order valence-electron chi connectivity index (χ4n) is 4.34. The fraction of sp³-hybridized carbons (Fsp3) is 0. The molecule has 1 aliphatic rings. The van der Waals surface area contributed by atoms with E-state index in [9.17, 15) is 63.2 Å². The predicted octanol–water partition coefficient (Wildman–Crippen LogP) is 6.32. The van der Waals surface area contributed by atoms with Crippen molar-refractivity contribution in [3.05, 3.63) is 114 Å². The molecular weight excluding hydrogens is 648 g/mol. The van der Waals surface area contributed by atoms with E-state index in [1.54, 1.807) is 0 Å². The molecule has 4 N–H and O–H groups in total. The van der Waals surface area contributed by atoms with Gasteiger partial charge in [-0.15, -0.1) is 0 Å². The monoisotopic (exact) mass is 652 g/mol. The number of anilines is 1. The van der Waals surface area contributed by atoms with Crippen LogP contribution < -0.4 is 11.5 Å². The molecule has 3 aromatic rings. The molecule has 1 aliphatic carbocycles. The molecule has 0 bridgehead atoms. The van der Waals surface area contributed by atoms with Crippen molar-refractivity contribution in [1.82, 2.24) is 0 Å². The zero-order valence-electron chi connectivity index (χ0n) is 21.5. The first-order valence-electron chi connectivity index (χ1n) is 11.5. The number of nitrogen functional groups attached to an aromatic ring is 1. The number of nitrogens with zero attached hydrogens (tertiary/aromatic N) is 4. The number of nitriles is 4. The van der Waals surface area contributed by atoms with E-state index in [0.717, 1.165) is 24.3 Å². The van der Waals surface area contributed by atoms with Gasteiger partial charge in [0, 0.05) is 16.7 Å². The quantitative estimate of drug-likeness (QED) is 0.147. The maximum Gasteiger partial charge on any atom is 0.185 e. The van der Waals surface area contributed by atoms with Crippen LogP contribution in [0.5, 0.6) is 0 Å². The van der Waals surface area contributed by atoms with Gasteiger partial charge in [-0.2, -0.15) is 21.0 Å². The van der Waals surface area contributed by atoms with Crippen LogP contribution >= 0.6 is 0 Å². The van der Waals surface area contributed by atoms with E-state index >= 15 is 0 Å². The number of benzene rings is 3. The van der Waals surface area contributed by atoms with E-state index < -0.39 is 137 Å². The van der Waals surface area contributed by atoms with Crippen molar-refractivity contribution in [2.45, 2.75) is 0 Å². The third-order valence-electron chi connectivity index (χ3n) is 6.50. The Morgan fingerprint density at radius 3 is 0.978 bits per heavy atom. The molecule has 0 aliphatic heterocycles. The number of rotatable bonds is 3. The van der Waals surface area contributed by atoms with E-state index in [1.807, 2.05) is 0 Å². The molecule has 0 unspecified atom stereocenters. The molecule has 230 valence electrons. The minimum atomic E-state index is -2.48. The van der Waals surface area contributed by atoms with E-state index in [-0.39, 0.29) is 0 Å². The van der Waals surface area contributed by atoms with Crippen molar-refractivity contribution >= 4 is 22.5 Å². The van der Waals surface area contributed by atoms with Crippen LogP contribution in [0.2, 0.25) is 0 Å². The molecular formula is C28H4F12N6. The Kier molecular flexibility index (Phi) is 7.96. The van der Waals surface area contributed by atoms with Crippen LogP contribution in [0, 0.1) is 115 Å². The summed E-state index contributed by atoms with van der Waals surface area (Å²) >= 11 is 0. The van der Waals surface area contributed by atoms with E-state index in [1.165, 1.54) is 0 Å². The van der Waals surface area contributed by atoms with Crippen molar-refractivity contribution in [3.63, 3.8) is 0 Å². The molecule has 46 heavy (non-hydrogen) atoms. The first-order valence-corrected chi connectivity index (χ1v) is 11.5. The van der Waals surface area contributed by atoms with Gasteiger partial charge < -0.3 is 11.5 Å². The van der Waals surface area contributed by atoms with E-state index in [4.69, 9.17) is 22.0 Å². The van der Waals surface area contributed by atoms with Gasteiger partial charge in [0.1, 0.15) is 41.1 Å². The largest absolute Gasteiger partial charge is 0.398 e. The van der Waals surface area contributed by atoms with Gasteiger partial charge in [-0.1, -0.05) is 0 Å². The van der Waals surface area contributed by atoms with Crippen molar-refractivity contribution in [3.8, 4) is 24.3 Å². The molecule has 0 radical (unpaired) electrons. The lowest BCUT2D eigenvalue weighted by molar-refractivity contribution is 0.446. The Balaban J connectivity index is 2.32. The Morgan fingerprint density at radius 1 is 0.413 bits per heavy atom. The molecule has 0 atom stereocenters. The molecule has 0 aromatic heterocycles. The maximum absolute atomic E-state index is 15.0. The average Bonchev–Trinajstić information content (AvgIpc) is 3.76. The van der Waals surface area contributed by atoms with Crippen LogP contribution in [0.25, 0.3) is 16.8 Å². The molecule has 4 rings (SSSR count). The third kappa shape index (κ3) is 4.35. The molecule has 0 amide bonds. The zero-order valence-corrected chi connectivity index (χ0v) is 21.5. The molecule has 0 spiro atoms. The van der Waals surface area contributed by atoms with Crippen molar-refractivity contribution in [1.29, 1.82) is 21.0 Å². The van der Waals surface area contributed by atoms with Crippen LogP contribution in [0.3, 0.4) is 0 Å². The van der Waals surface area contributed by atoms with Crippen molar-refractivity contribution < 1.29 is 52.7 Å². The number of nitrogens with two attached hydrogens (primary N) is 2. The van der Waals surface area contributed by atoms with Gasteiger partial charge in [0.25, 0.3) is 0 Å². The first kappa shape index (κ1) is 32.5. The Labute approximate surface area is 246 Å². The highest BCUT2D eigenvalue weighted by molar-refractivity contribution is 6.10. The molecule has 1 saturated carbocycles. The molecule has 6 nitrogen and oxygen atoms in total. The number of halogens is 12. The summed E-state index contributed by atoms with van der Waals surface area (Å²) in [6, 6.07) is 3.59. The van der Waals surface area contributed by atoms with Gasteiger partial charge in [-0.05, 0) is 0 Å². The summed E-state index contributed by atoms with van der Waals surface area (Å²) in [4.78, 5) is 0. The predicted molar refractivity (Wildman–Crippen MR) is 129 cm³/mol.